The third kappa shape index (κ3) is 4.13. The van der Waals surface area contributed by atoms with E-state index < -0.39 is 5.91 Å². The van der Waals surface area contributed by atoms with Crippen LogP contribution < -0.4 is 5.73 Å². The Balaban J connectivity index is 2.70. The molecule has 0 saturated carbocycles. The van der Waals surface area contributed by atoms with Gasteiger partial charge in [-0.2, -0.15) is 0 Å². The Hall–Kier alpha value is -1.35. The van der Waals surface area contributed by atoms with Crippen molar-refractivity contribution in [1.29, 1.82) is 0 Å². The topological polar surface area (TPSA) is 52.3 Å². The first kappa shape index (κ1) is 11.7. The van der Waals surface area contributed by atoms with Crippen molar-refractivity contribution in [2.45, 2.75) is 33.0 Å². The summed E-state index contributed by atoms with van der Waals surface area (Å²) in [7, 11) is 0. The number of benzene rings is 1. The first-order valence-corrected chi connectivity index (χ1v) is 4.91. The summed E-state index contributed by atoms with van der Waals surface area (Å²) in [6.45, 7) is 6.46. The van der Waals surface area contributed by atoms with Crippen molar-refractivity contribution in [3.8, 4) is 0 Å². The van der Waals surface area contributed by atoms with E-state index in [4.69, 9.17) is 10.5 Å². The predicted octanol–water partition coefficient (Wildman–Crippen LogP) is 2.10. The molecule has 15 heavy (non-hydrogen) atoms. The van der Waals surface area contributed by atoms with E-state index in [9.17, 15) is 4.79 Å². The third-order valence-corrected chi connectivity index (χ3v) is 1.88. The van der Waals surface area contributed by atoms with Gasteiger partial charge in [0.25, 0.3) is 0 Å². The summed E-state index contributed by atoms with van der Waals surface area (Å²) >= 11 is 0. The lowest BCUT2D eigenvalue weighted by molar-refractivity contribution is -0.0149. The first-order chi connectivity index (χ1) is 6.88. The van der Waals surface area contributed by atoms with Crippen LogP contribution >= 0.6 is 0 Å². The highest BCUT2D eigenvalue weighted by atomic mass is 16.5. The summed E-state index contributed by atoms with van der Waals surface area (Å²) in [4.78, 5) is 10.9. The minimum Gasteiger partial charge on any atom is -0.371 e. The maximum Gasteiger partial charge on any atom is 0.248 e. The number of carbonyl (C=O) groups is 1. The number of hydrogen-bond donors (Lipinski definition) is 1. The van der Waals surface area contributed by atoms with Crippen LogP contribution in [0.15, 0.2) is 24.3 Å². The average molecular weight is 207 g/mol. The number of carbonyl (C=O) groups excluding carboxylic acids is 1. The zero-order valence-electron chi connectivity index (χ0n) is 9.41. The molecule has 82 valence electrons. The quantitative estimate of drug-likeness (QED) is 0.825. The molecule has 0 radical (unpaired) electrons. The number of hydrogen-bond acceptors (Lipinski definition) is 2. The van der Waals surface area contributed by atoms with E-state index in [0.29, 0.717) is 12.2 Å². The number of ether oxygens (including phenoxy) is 1. The van der Waals surface area contributed by atoms with E-state index in [1.165, 1.54) is 0 Å². The van der Waals surface area contributed by atoms with Crippen molar-refractivity contribution in [1.82, 2.24) is 0 Å². The number of primary amides is 1. The molecule has 1 aromatic carbocycles. The van der Waals surface area contributed by atoms with Crippen LogP contribution in [-0.2, 0) is 11.3 Å². The van der Waals surface area contributed by atoms with Gasteiger partial charge in [-0.15, -0.1) is 0 Å². The monoisotopic (exact) mass is 207 g/mol. The van der Waals surface area contributed by atoms with Gasteiger partial charge in [0, 0.05) is 5.56 Å². The van der Waals surface area contributed by atoms with Crippen molar-refractivity contribution in [2.24, 2.45) is 5.73 Å². The van der Waals surface area contributed by atoms with Gasteiger partial charge in [-0.25, -0.2) is 0 Å². The zero-order chi connectivity index (χ0) is 11.5. The van der Waals surface area contributed by atoms with Gasteiger partial charge >= 0.3 is 0 Å². The molecule has 0 aliphatic rings. The molecule has 0 aliphatic carbocycles. The highest BCUT2D eigenvalue weighted by Crippen LogP contribution is 2.12. The third-order valence-electron chi connectivity index (χ3n) is 1.88. The summed E-state index contributed by atoms with van der Waals surface area (Å²) in [5.41, 5.74) is 6.48. The summed E-state index contributed by atoms with van der Waals surface area (Å²) < 4.78 is 5.60. The Morgan fingerprint density at radius 3 is 2.60 bits per heavy atom. The molecule has 1 rings (SSSR count). The van der Waals surface area contributed by atoms with Crippen molar-refractivity contribution >= 4 is 5.91 Å². The van der Waals surface area contributed by atoms with Crippen molar-refractivity contribution in [2.75, 3.05) is 0 Å². The lowest BCUT2D eigenvalue weighted by Gasteiger charge is -2.19. The molecule has 0 aliphatic heterocycles. The molecular formula is C12H17NO2. The molecule has 1 amide bonds. The number of amides is 1. The fourth-order valence-corrected chi connectivity index (χ4v) is 1.11. The van der Waals surface area contributed by atoms with Gasteiger partial charge in [-0.05, 0) is 38.5 Å². The zero-order valence-corrected chi connectivity index (χ0v) is 9.41. The van der Waals surface area contributed by atoms with Crippen LogP contribution in [0.25, 0.3) is 0 Å². The maximum absolute atomic E-state index is 10.9. The highest BCUT2D eigenvalue weighted by Gasteiger charge is 2.10. The second-order valence-electron chi connectivity index (χ2n) is 4.47. The van der Waals surface area contributed by atoms with Gasteiger partial charge in [-0.1, -0.05) is 12.1 Å². The lowest BCUT2D eigenvalue weighted by atomic mass is 10.1. The molecule has 0 unspecified atom stereocenters. The predicted molar refractivity (Wildman–Crippen MR) is 59.5 cm³/mol. The normalized spacial score (nSPS) is 11.4. The second-order valence-corrected chi connectivity index (χ2v) is 4.47. The van der Waals surface area contributed by atoms with Gasteiger partial charge < -0.3 is 10.5 Å². The summed E-state index contributed by atoms with van der Waals surface area (Å²) in [6, 6.07) is 7.18. The van der Waals surface area contributed by atoms with E-state index in [0.717, 1.165) is 5.56 Å². The van der Waals surface area contributed by atoms with E-state index in [1.807, 2.05) is 26.8 Å². The smallest absolute Gasteiger partial charge is 0.248 e. The Bertz CT molecular complexity index is 353. The van der Waals surface area contributed by atoms with Gasteiger partial charge in [0.1, 0.15) is 0 Å². The van der Waals surface area contributed by atoms with Crippen LogP contribution in [-0.4, -0.2) is 11.5 Å². The number of rotatable bonds is 3. The SMILES string of the molecule is CC(C)(C)OCc1cccc(C(N)=O)c1. The van der Waals surface area contributed by atoms with Crippen LogP contribution in [0, 0.1) is 0 Å². The first-order valence-electron chi connectivity index (χ1n) is 4.91. The molecule has 3 nitrogen and oxygen atoms in total. The van der Waals surface area contributed by atoms with Crippen LogP contribution in [0.2, 0.25) is 0 Å². The minimum absolute atomic E-state index is 0.178. The standard InChI is InChI=1S/C12H17NO2/c1-12(2,3)15-8-9-5-4-6-10(7-9)11(13)14/h4-7H,8H2,1-3H3,(H2,13,14). The largest absolute Gasteiger partial charge is 0.371 e. The molecule has 0 fully saturated rings. The summed E-state index contributed by atoms with van der Waals surface area (Å²) in [5, 5.41) is 0. The molecule has 0 spiro atoms. The second kappa shape index (κ2) is 4.45. The van der Waals surface area contributed by atoms with Crippen LogP contribution in [0.4, 0.5) is 0 Å². The maximum atomic E-state index is 10.9. The van der Waals surface area contributed by atoms with Gasteiger partial charge in [0.05, 0.1) is 12.2 Å². The summed E-state index contributed by atoms with van der Waals surface area (Å²) in [6.07, 6.45) is 0. The molecule has 0 aromatic heterocycles. The molecule has 0 atom stereocenters. The van der Waals surface area contributed by atoms with Crippen molar-refractivity contribution < 1.29 is 9.53 Å². The summed E-state index contributed by atoms with van der Waals surface area (Å²) in [5.74, 6) is -0.410. The Morgan fingerprint density at radius 1 is 1.40 bits per heavy atom. The molecule has 0 saturated heterocycles. The van der Waals surface area contributed by atoms with Gasteiger partial charge in [0.2, 0.25) is 5.91 Å². The molecule has 0 heterocycles. The van der Waals surface area contributed by atoms with Crippen molar-refractivity contribution in [3.05, 3.63) is 35.4 Å². The van der Waals surface area contributed by atoms with Gasteiger partial charge in [0.15, 0.2) is 0 Å². The van der Waals surface area contributed by atoms with Gasteiger partial charge in [-0.3, -0.25) is 4.79 Å². The molecular weight excluding hydrogens is 190 g/mol. The van der Waals surface area contributed by atoms with Crippen molar-refractivity contribution in [3.63, 3.8) is 0 Å². The Morgan fingerprint density at radius 2 is 2.07 bits per heavy atom. The Labute approximate surface area is 90.2 Å². The van der Waals surface area contributed by atoms with Crippen LogP contribution in [0.5, 0.6) is 0 Å². The van der Waals surface area contributed by atoms with E-state index in [1.54, 1.807) is 18.2 Å². The van der Waals surface area contributed by atoms with E-state index >= 15 is 0 Å². The van der Waals surface area contributed by atoms with Crippen LogP contribution in [0.1, 0.15) is 36.7 Å². The number of nitrogens with two attached hydrogens (primary N) is 1. The highest BCUT2D eigenvalue weighted by molar-refractivity contribution is 5.92. The fraction of sp³-hybridized carbons (Fsp3) is 0.417. The average Bonchev–Trinajstić information content (AvgIpc) is 2.14. The van der Waals surface area contributed by atoms with E-state index in [-0.39, 0.29) is 5.60 Å². The fourth-order valence-electron chi connectivity index (χ4n) is 1.11. The lowest BCUT2D eigenvalue weighted by Crippen LogP contribution is -2.19. The minimum atomic E-state index is -0.410. The molecule has 1 aromatic rings. The van der Waals surface area contributed by atoms with Crippen LogP contribution in [0.3, 0.4) is 0 Å². The molecule has 2 N–H and O–H groups in total. The molecule has 0 bridgehead atoms. The van der Waals surface area contributed by atoms with E-state index in [2.05, 4.69) is 0 Å². The Kier molecular flexibility index (Phi) is 3.48. The molecule has 3 heteroatoms.